The number of carbonyl (C=O) groups is 4. The molecule has 3 rings (SSSR count). The minimum Gasteiger partial charge on any atom is -0.295 e. The van der Waals surface area contributed by atoms with Gasteiger partial charge in [0.2, 0.25) is 11.8 Å². The van der Waals surface area contributed by atoms with Crippen LogP contribution in [-0.4, -0.2) is 34.5 Å². The lowest BCUT2D eigenvalue weighted by Gasteiger charge is -2.27. The number of imide groups is 2. The summed E-state index contributed by atoms with van der Waals surface area (Å²) in [6.45, 7) is 0. The number of amides is 4. The summed E-state index contributed by atoms with van der Waals surface area (Å²) in [4.78, 5) is 48.7. The molecule has 1 aromatic rings. The van der Waals surface area contributed by atoms with E-state index in [0.717, 1.165) is 0 Å². The van der Waals surface area contributed by atoms with Crippen LogP contribution in [0.2, 0.25) is 0 Å². The van der Waals surface area contributed by atoms with Crippen molar-refractivity contribution in [2.24, 2.45) is 0 Å². The fourth-order valence-electron chi connectivity index (χ4n) is 2.01. The van der Waals surface area contributed by atoms with Crippen molar-refractivity contribution >= 4 is 23.6 Å². The summed E-state index contributed by atoms with van der Waals surface area (Å²) in [5, 5.41) is 1.89. The van der Waals surface area contributed by atoms with Crippen LogP contribution in [0.25, 0.3) is 0 Å². The lowest BCUT2D eigenvalue weighted by molar-refractivity contribution is -0.136. The van der Waals surface area contributed by atoms with Gasteiger partial charge < -0.3 is 0 Å². The van der Waals surface area contributed by atoms with E-state index < -0.39 is 71.4 Å². The highest BCUT2D eigenvalue weighted by Gasteiger charge is 2.44. The molecule has 96 valence electrons. The van der Waals surface area contributed by atoms with E-state index in [1.807, 2.05) is 5.32 Å². The first-order valence-corrected chi connectivity index (χ1v) is 5.44. The summed E-state index contributed by atoms with van der Waals surface area (Å²) in [6.07, 6.45) is -0.664. The third-order valence-electron chi connectivity index (χ3n) is 2.90. The number of rotatable bonds is 1. The van der Waals surface area contributed by atoms with Gasteiger partial charge in [0.25, 0.3) is 11.8 Å². The Morgan fingerprint density at radius 2 is 1.74 bits per heavy atom. The highest BCUT2D eigenvalue weighted by Crippen LogP contribution is 2.26. The first-order chi connectivity index (χ1) is 11.1. The van der Waals surface area contributed by atoms with E-state index in [4.69, 9.17) is 6.85 Å². The molecule has 0 spiro atoms. The van der Waals surface area contributed by atoms with Crippen LogP contribution < -0.4 is 5.32 Å². The quantitative estimate of drug-likeness (QED) is 0.728. The van der Waals surface area contributed by atoms with Gasteiger partial charge in [-0.1, -0.05) is 12.1 Å². The SMILES string of the molecule is [2H]c1c([2H])c([2H])c2c(c1[2H])C(=O)N([C@@]1([2H])CCC(=O)NC1=O)C2=O. The molecule has 4 amide bonds. The highest BCUT2D eigenvalue weighted by molar-refractivity contribution is 6.23. The van der Waals surface area contributed by atoms with E-state index in [2.05, 4.69) is 0 Å². The third kappa shape index (κ3) is 1.64. The Labute approximate surface area is 115 Å². The number of nitrogens with one attached hydrogen (secondary N) is 1. The van der Waals surface area contributed by atoms with E-state index >= 15 is 0 Å². The minimum absolute atomic E-state index is 0.252. The van der Waals surface area contributed by atoms with Crippen LogP contribution in [0, 0.1) is 0 Å². The van der Waals surface area contributed by atoms with Gasteiger partial charge >= 0.3 is 0 Å². The molecule has 1 fully saturated rings. The van der Waals surface area contributed by atoms with E-state index in [-0.39, 0.29) is 6.42 Å². The fourth-order valence-corrected chi connectivity index (χ4v) is 2.01. The van der Waals surface area contributed by atoms with Crippen LogP contribution in [0.3, 0.4) is 0 Å². The molecule has 1 atom stereocenters. The second-order valence-electron chi connectivity index (χ2n) is 4.02. The van der Waals surface area contributed by atoms with Crippen LogP contribution in [0.4, 0.5) is 0 Å². The number of hydrogen-bond acceptors (Lipinski definition) is 4. The van der Waals surface area contributed by atoms with Crippen molar-refractivity contribution in [2.45, 2.75) is 18.9 Å². The van der Waals surface area contributed by atoms with Crippen molar-refractivity contribution in [2.75, 3.05) is 0 Å². The fraction of sp³-hybridized carbons (Fsp3) is 0.231. The van der Waals surface area contributed by atoms with Gasteiger partial charge in [-0.2, -0.15) is 0 Å². The van der Waals surface area contributed by atoms with Gasteiger partial charge in [0, 0.05) is 6.42 Å². The second-order valence-corrected chi connectivity index (χ2v) is 4.02. The lowest BCUT2D eigenvalue weighted by atomic mass is 10.0. The van der Waals surface area contributed by atoms with Gasteiger partial charge in [-0.05, 0) is 18.5 Å². The Balaban J connectivity index is 2.18. The van der Waals surface area contributed by atoms with E-state index in [0.29, 0.717) is 4.90 Å². The lowest BCUT2D eigenvalue weighted by Crippen LogP contribution is -2.54. The first kappa shape index (κ1) is 7.18. The van der Waals surface area contributed by atoms with Crippen molar-refractivity contribution in [3.8, 4) is 0 Å². The summed E-state index contributed by atoms with van der Waals surface area (Å²) >= 11 is 0. The van der Waals surface area contributed by atoms with Gasteiger partial charge in [-0.25, -0.2) is 0 Å². The second kappa shape index (κ2) is 4.01. The molecule has 0 bridgehead atoms. The maximum Gasteiger partial charge on any atom is 0.262 e. The maximum absolute atomic E-state index is 12.5. The summed E-state index contributed by atoms with van der Waals surface area (Å²) in [7, 11) is 0. The Kier molecular flexibility index (Phi) is 1.52. The zero-order valence-corrected chi connectivity index (χ0v) is 9.49. The van der Waals surface area contributed by atoms with Crippen molar-refractivity contribution < 1.29 is 26.0 Å². The zero-order valence-electron chi connectivity index (χ0n) is 14.5. The smallest absolute Gasteiger partial charge is 0.262 e. The van der Waals surface area contributed by atoms with Crippen LogP contribution in [-0.2, 0) is 9.59 Å². The Morgan fingerprint density at radius 1 is 1.16 bits per heavy atom. The Bertz CT molecular complexity index is 808. The number of carbonyl (C=O) groups excluding carboxylic acids is 4. The average molecular weight is 263 g/mol. The Hall–Kier alpha value is -2.50. The van der Waals surface area contributed by atoms with Crippen LogP contribution in [0.1, 0.15) is 40.4 Å². The molecule has 1 aromatic carbocycles. The van der Waals surface area contributed by atoms with E-state index in [1.54, 1.807) is 0 Å². The molecule has 2 aliphatic rings. The topological polar surface area (TPSA) is 83.6 Å². The monoisotopic (exact) mass is 263 g/mol. The molecule has 0 aromatic heterocycles. The molecule has 1 N–H and O–H groups in total. The van der Waals surface area contributed by atoms with Crippen molar-refractivity contribution in [3.05, 3.63) is 35.3 Å². The van der Waals surface area contributed by atoms with Crippen molar-refractivity contribution in [1.29, 1.82) is 0 Å². The highest BCUT2D eigenvalue weighted by atomic mass is 16.2. The van der Waals surface area contributed by atoms with Gasteiger partial charge in [0.05, 0.1) is 18.0 Å². The van der Waals surface area contributed by atoms with Gasteiger partial charge in [-0.15, -0.1) is 0 Å². The summed E-state index contributed by atoms with van der Waals surface area (Å²) in [6, 6.07) is -5.18. The molecule has 0 saturated carbocycles. The van der Waals surface area contributed by atoms with Crippen molar-refractivity contribution in [1.82, 2.24) is 10.2 Å². The van der Waals surface area contributed by atoms with E-state index in [1.165, 1.54) is 0 Å². The molecule has 6 heteroatoms. The summed E-state index contributed by atoms with van der Waals surface area (Å²) < 4.78 is 38.9. The van der Waals surface area contributed by atoms with E-state index in [9.17, 15) is 19.2 Å². The molecule has 1 saturated heterocycles. The molecular weight excluding hydrogens is 248 g/mol. The summed E-state index contributed by atoms with van der Waals surface area (Å²) in [5.41, 5.74) is -1.13. The van der Waals surface area contributed by atoms with Crippen molar-refractivity contribution in [3.63, 3.8) is 0 Å². The summed E-state index contributed by atoms with van der Waals surface area (Å²) in [5.74, 6) is -4.09. The first-order valence-electron chi connectivity index (χ1n) is 7.94. The zero-order chi connectivity index (χ0) is 18.0. The third-order valence-corrected chi connectivity index (χ3v) is 2.90. The molecule has 19 heavy (non-hydrogen) atoms. The predicted molar refractivity (Wildman–Crippen MR) is 63.1 cm³/mol. The average Bonchev–Trinajstić information content (AvgIpc) is 2.79. The number of benzene rings is 1. The molecule has 6 nitrogen and oxygen atoms in total. The van der Waals surface area contributed by atoms with Crippen LogP contribution in [0.5, 0.6) is 0 Å². The molecule has 2 heterocycles. The molecule has 0 aliphatic carbocycles. The predicted octanol–water partition coefficient (Wildman–Crippen LogP) is 0.0878. The normalized spacial score (nSPS) is 30.1. The number of piperidine rings is 1. The largest absolute Gasteiger partial charge is 0.295 e. The van der Waals surface area contributed by atoms with Gasteiger partial charge in [0.15, 0.2) is 0 Å². The van der Waals surface area contributed by atoms with Crippen LogP contribution in [0.15, 0.2) is 24.2 Å². The number of nitrogens with zero attached hydrogens (tertiary/aromatic N) is 1. The molecular formula is C13H10N2O4. The molecule has 0 radical (unpaired) electrons. The molecule has 2 aliphatic heterocycles. The minimum atomic E-state index is -2.38. The number of hydrogen-bond donors (Lipinski definition) is 1. The van der Waals surface area contributed by atoms with Gasteiger partial charge in [0.1, 0.15) is 6.02 Å². The maximum atomic E-state index is 12.5. The standard InChI is InChI=1S/C13H10N2O4/c16-10-6-5-9(11(17)14-10)15-12(18)7-3-1-2-4-8(7)13(15)19/h1-4,9H,5-6H2,(H,14,16,17)/t9-/m0/s1/i1D,2D,3D,4D,9D. The number of fused-ring (bicyclic) bond motifs is 1. The van der Waals surface area contributed by atoms with Gasteiger partial charge in [-0.3, -0.25) is 29.4 Å². The molecule has 0 unspecified atom stereocenters. The Morgan fingerprint density at radius 3 is 2.26 bits per heavy atom. The van der Waals surface area contributed by atoms with Crippen LogP contribution >= 0.6 is 0 Å².